The van der Waals surface area contributed by atoms with E-state index in [0.29, 0.717) is 0 Å². The summed E-state index contributed by atoms with van der Waals surface area (Å²) >= 11 is 0. The zero-order valence-corrected chi connectivity index (χ0v) is 28.6. The molecule has 0 bridgehead atoms. The van der Waals surface area contributed by atoms with Gasteiger partial charge in [-0.15, -0.1) is 24.3 Å². The van der Waals surface area contributed by atoms with Crippen molar-refractivity contribution < 1.29 is 87.0 Å². The SMILES string of the molecule is C=C(C)C(=O)OCCNC(=O)OCC(=O)c1ccc(F)[c-]c1F.C=C(C)C(=O)OCCNC(=O)OCC(=O)c1ccc(F)[c-]c1F.[CH3-].[CH3-].[Ti+4]. The zero-order valence-electron chi connectivity index (χ0n) is 27.1. The van der Waals surface area contributed by atoms with Crippen molar-refractivity contribution in [1.82, 2.24) is 10.6 Å². The molecule has 0 spiro atoms. The van der Waals surface area contributed by atoms with Gasteiger partial charge in [0.15, 0.2) is 0 Å². The van der Waals surface area contributed by atoms with Crippen LogP contribution in [0.15, 0.2) is 48.6 Å². The van der Waals surface area contributed by atoms with Crippen molar-refractivity contribution in [3.63, 3.8) is 0 Å². The van der Waals surface area contributed by atoms with Crippen molar-refractivity contribution in [2.75, 3.05) is 39.5 Å². The van der Waals surface area contributed by atoms with Gasteiger partial charge in [0.25, 0.3) is 0 Å². The van der Waals surface area contributed by atoms with E-state index in [4.69, 9.17) is 9.47 Å². The summed E-state index contributed by atoms with van der Waals surface area (Å²) < 4.78 is 70.4. The second-order valence-corrected chi connectivity index (χ2v) is 8.75. The zero-order chi connectivity index (χ0) is 34.8. The number of hydrogen-bond donors (Lipinski definition) is 2. The maximum Gasteiger partial charge on any atom is 4.00 e. The maximum absolute atomic E-state index is 13.3. The summed E-state index contributed by atoms with van der Waals surface area (Å²) in [5.41, 5.74) is -0.434. The largest absolute Gasteiger partial charge is 4.00 e. The fraction of sp³-hybridized carbons (Fsp3) is 0.250. The van der Waals surface area contributed by atoms with Gasteiger partial charge in [-0.2, -0.15) is 12.1 Å². The number of hydrogen-bond acceptors (Lipinski definition) is 10. The molecule has 0 atom stereocenters. The first-order valence-corrected chi connectivity index (χ1v) is 12.9. The van der Waals surface area contributed by atoms with E-state index < -0.39 is 83.3 Å². The number of amides is 2. The molecule has 0 saturated carbocycles. The van der Waals surface area contributed by atoms with Crippen LogP contribution in [0, 0.1) is 50.3 Å². The van der Waals surface area contributed by atoms with Crippen LogP contribution in [0.4, 0.5) is 27.2 Å². The summed E-state index contributed by atoms with van der Waals surface area (Å²) in [6, 6.07) is 7.01. The number of ketones is 2. The number of halogens is 4. The molecule has 0 heterocycles. The molecule has 264 valence electrons. The van der Waals surface area contributed by atoms with Crippen LogP contribution in [0.3, 0.4) is 0 Å². The van der Waals surface area contributed by atoms with E-state index in [1.165, 1.54) is 13.8 Å². The number of nitrogens with one attached hydrogen (secondary N) is 2. The summed E-state index contributed by atoms with van der Waals surface area (Å²) in [6.45, 7) is 7.97. The van der Waals surface area contributed by atoms with Crippen molar-refractivity contribution in [3.8, 4) is 0 Å². The first-order chi connectivity index (χ1) is 21.6. The molecule has 0 aromatic heterocycles. The van der Waals surface area contributed by atoms with Gasteiger partial charge in [-0.25, -0.2) is 36.7 Å². The molecule has 2 aromatic carbocycles. The van der Waals surface area contributed by atoms with Gasteiger partial charge in [-0.3, -0.25) is 0 Å². The van der Waals surface area contributed by atoms with Crippen molar-refractivity contribution in [2.24, 2.45) is 0 Å². The number of rotatable bonds is 14. The number of benzene rings is 2. The Hall–Kier alpha value is -4.83. The molecule has 2 amide bonds. The average Bonchev–Trinajstić information content (AvgIpc) is 2.99. The number of carbonyl (C=O) groups excluding carboxylic acids is 6. The third-order valence-corrected chi connectivity index (χ3v) is 4.90. The van der Waals surface area contributed by atoms with E-state index in [0.717, 1.165) is 24.3 Å². The van der Waals surface area contributed by atoms with E-state index in [-0.39, 0.29) is 74.0 Å². The molecule has 0 aliphatic rings. The summed E-state index contributed by atoms with van der Waals surface area (Å²) in [6.07, 6.45) is -1.90. The molecule has 0 radical (unpaired) electrons. The van der Waals surface area contributed by atoms with Crippen LogP contribution >= 0.6 is 0 Å². The molecule has 0 saturated heterocycles. The van der Waals surface area contributed by atoms with Crippen molar-refractivity contribution in [2.45, 2.75) is 13.8 Å². The van der Waals surface area contributed by atoms with Crippen LogP contribution in [-0.4, -0.2) is 75.2 Å². The van der Waals surface area contributed by atoms with E-state index in [2.05, 4.69) is 33.3 Å². The normalized spacial score (nSPS) is 9.27. The van der Waals surface area contributed by atoms with Crippen molar-refractivity contribution >= 4 is 35.7 Å². The van der Waals surface area contributed by atoms with Crippen LogP contribution in [0.1, 0.15) is 34.6 Å². The van der Waals surface area contributed by atoms with Gasteiger partial charge in [0.05, 0.1) is 13.1 Å². The molecule has 0 aliphatic heterocycles. The van der Waals surface area contributed by atoms with Crippen molar-refractivity contribution in [1.29, 1.82) is 0 Å². The fourth-order valence-corrected chi connectivity index (χ4v) is 2.68. The quantitative estimate of drug-likeness (QED) is 0.0414. The summed E-state index contributed by atoms with van der Waals surface area (Å²) in [7, 11) is 0. The molecule has 17 heteroatoms. The number of Topliss-reactive ketones (excluding diaryl/α,β-unsaturated/α-hetero) is 2. The molecule has 49 heavy (non-hydrogen) atoms. The van der Waals surface area contributed by atoms with Gasteiger partial charge in [0.2, 0.25) is 0 Å². The third kappa shape index (κ3) is 19.6. The molecule has 2 aromatic rings. The first kappa shape index (κ1) is 48.6. The predicted molar refractivity (Wildman–Crippen MR) is 162 cm³/mol. The second-order valence-electron chi connectivity index (χ2n) is 8.75. The second kappa shape index (κ2) is 25.2. The molecule has 2 N–H and O–H groups in total. The Morgan fingerprint density at radius 3 is 1.24 bits per heavy atom. The number of esters is 2. The van der Waals surface area contributed by atoms with E-state index in [1.807, 2.05) is 0 Å². The third-order valence-electron chi connectivity index (χ3n) is 4.90. The standard InChI is InChI=1S/2C15H14F2NO5.2CH3.Ti/c2*1-9(2)14(20)22-6-5-18-15(21)23-8-13(19)11-4-3-10(16)7-12(11)17;;;/h2*3-4H,1,5-6,8H2,2H3,(H,18,21);2*1H3;/q4*-1;+4. The Kier molecular flexibility index (Phi) is 25.0. The Bertz CT molecular complexity index is 1380. The van der Waals surface area contributed by atoms with Crippen LogP contribution in [-0.2, 0) is 50.3 Å². The first-order valence-electron chi connectivity index (χ1n) is 12.9. The molecule has 0 aliphatic carbocycles. The molecule has 2 rings (SSSR count). The van der Waals surface area contributed by atoms with E-state index in [1.54, 1.807) is 12.1 Å². The summed E-state index contributed by atoms with van der Waals surface area (Å²) in [4.78, 5) is 67.9. The van der Waals surface area contributed by atoms with Gasteiger partial charge in [0.1, 0.15) is 38.0 Å². The predicted octanol–water partition coefficient (Wildman–Crippen LogP) is 4.48. The van der Waals surface area contributed by atoms with Gasteiger partial charge < -0.3 is 54.0 Å². The van der Waals surface area contributed by atoms with Crippen LogP contribution in [0.25, 0.3) is 0 Å². The summed E-state index contributed by atoms with van der Waals surface area (Å²) in [5.74, 6) is -7.09. The van der Waals surface area contributed by atoms with Gasteiger partial charge in [0, 0.05) is 34.4 Å². The summed E-state index contributed by atoms with van der Waals surface area (Å²) in [5, 5.41) is 4.45. The number of alkyl carbamates (subject to hydrolysis) is 2. The Labute approximate surface area is 296 Å². The van der Waals surface area contributed by atoms with Crippen LogP contribution < -0.4 is 10.6 Å². The van der Waals surface area contributed by atoms with Crippen LogP contribution in [0.5, 0.6) is 0 Å². The monoisotopic (exact) mass is 730 g/mol. The Balaban J connectivity index is -0.000000814. The molecular formula is C32H34F4N2O10Ti. The topological polar surface area (TPSA) is 163 Å². The molecular weight excluding hydrogens is 696 g/mol. The molecule has 0 fully saturated rings. The Morgan fingerprint density at radius 2 is 0.959 bits per heavy atom. The number of ether oxygens (including phenoxy) is 4. The van der Waals surface area contributed by atoms with Crippen molar-refractivity contribution in [3.05, 3.63) is 110 Å². The fourth-order valence-electron chi connectivity index (χ4n) is 2.68. The van der Waals surface area contributed by atoms with Crippen LogP contribution in [0.2, 0.25) is 0 Å². The maximum atomic E-state index is 13.3. The average molecular weight is 730 g/mol. The smallest absolute Gasteiger partial charge is 0.460 e. The Morgan fingerprint density at radius 1 is 0.633 bits per heavy atom. The van der Waals surface area contributed by atoms with Gasteiger partial charge in [-0.1, -0.05) is 24.3 Å². The minimum atomic E-state index is -1.16. The van der Waals surface area contributed by atoms with Gasteiger partial charge >= 0.3 is 45.8 Å². The number of carbonyl (C=O) groups is 6. The molecule has 0 unspecified atom stereocenters. The molecule has 12 nitrogen and oxygen atoms in total. The minimum Gasteiger partial charge on any atom is -0.460 e. The van der Waals surface area contributed by atoms with Gasteiger partial charge in [-0.05, 0) is 13.8 Å². The van der Waals surface area contributed by atoms with E-state index in [9.17, 15) is 46.3 Å². The van der Waals surface area contributed by atoms with E-state index >= 15 is 0 Å². The minimum absolute atomic E-state index is 0.